The maximum atomic E-state index is 13.1. The smallest absolute Gasteiger partial charge is 0.324 e. The molecule has 4 aromatic rings. The Hall–Kier alpha value is -4.21. The fourth-order valence-electron chi connectivity index (χ4n) is 4.09. The number of fused-ring (bicyclic) bond motifs is 1. The standard InChI is InChI=1S/C24H24N8O3S/c1-13(2)14-3-5-15(6-4-14)18-16(11-25)22(27)29-24-19(18)20(26)21(36-24)23(33)28-17-12-32(30-35-17)31-7-9-34-10-8-31/h3-6,12-13H,7-10H2,1-2H3,(H4-,26,27,28,29,30,33). The molecule has 4 heterocycles. The van der Waals surface area contributed by atoms with Gasteiger partial charge in [-0.1, -0.05) is 38.1 Å². The van der Waals surface area contributed by atoms with Crippen molar-refractivity contribution in [3.05, 3.63) is 46.5 Å². The molecule has 1 saturated heterocycles. The highest BCUT2D eigenvalue weighted by Gasteiger charge is 2.24. The molecule has 0 unspecified atom stereocenters. The average molecular weight is 505 g/mol. The molecule has 1 fully saturated rings. The Bertz CT molecular complexity index is 1490. The van der Waals surface area contributed by atoms with Crippen LogP contribution in [0, 0.1) is 11.3 Å². The molecule has 0 bridgehead atoms. The van der Waals surface area contributed by atoms with Crippen molar-refractivity contribution in [2.75, 3.05) is 42.8 Å². The second kappa shape index (κ2) is 9.44. The van der Waals surface area contributed by atoms with Gasteiger partial charge in [0.15, 0.2) is 0 Å². The van der Waals surface area contributed by atoms with E-state index in [1.54, 1.807) is 0 Å². The van der Waals surface area contributed by atoms with Crippen LogP contribution in [-0.2, 0) is 4.74 Å². The topological polar surface area (TPSA) is 167 Å². The lowest BCUT2D eigenvalue weighted by Crippen LogP contribution is -2.62. The molecular weight excluding hydrogens is 480 g/mol. The largest absolute Gasteiger partial charge is 0.857 e. The maximum absolute atomic E-state index is 13.1. The van der Waals surface area contributed by atoms with E-state index in [1.807, 2.05) is 29.3 Å². The summed E-state index contributed by atoms with van der Waals surface area (Å²) in [5, 5.41) is 29.3. The first-order valence-electron chi connectivity index (χ1n) is 11.4. The molecule has 0 spiro atoms. The summed E-state index contributed by atoms with van der Waals surface area (Å²) >= 11 is 1.07. The molecule has 0 amide bonds. The van der Waals surface area contributed by atoms with Gasteiger partial charge in [-0.25, -0.2) is 9.98 Å². The number of nitrogens with two attached hydrogens (primary N) is 2. The number of nitrogen functional groups attached to an aromatic ring is 2. The van der Waals surface area contributed by atoms with Crippen molar-refractivity contribution in [1.82, 2.24) is 10.3 Å². The molecule has 0 aliphatic carbocycles. The van der Waals surface area contributed by atoms with E-state index < -0.39 is 5.90 Å². The molecule has 0 atom stereocenters. The van der Waals surface area contributed by atoms with Crippen LogP contribution in [-0.4, -0.2) is 42.5 Å². The van der Waals surface area contributed by atoms with E-state index in [0.717, 1.165) is 22.5 Å². The lowest BCUT2D eigenvalue weighted by molar-refractivity contribution is -0.759. The van der Waals surface area contributed by atoms with Gasteiger partial charge in [-0.15, -0.1) is 16.3 Å². The van der Waals surface area contributed by atoms with Gasteiger partial charge in [-0.05, 0) is 17.0 Å². The predicted molar refractivity (Wildman–Crippen MR) is 134 cm³/mol. The first-order chi connectivity index (χ1) is 17.4. The Labute approximate surface area is 210 Å². The number of rotatable bonds is 5. The molecular formula is C24H24N8O3S. The van der Waals surface area contributed by atoms with Gasteiger partial charge in [0.1, 0.15) is 22.3 Å². The highest BCUT2D eigenvalue weighted by molar-refractivity contribution is 7.21. The molecule has 0 saturated carbocycles. The minimum absolute atomic E-state index is 0.0398. The summed E-state index contributed by atoms with van der Waals surface area (Å²) in [5.74, 6) is -0.129. The molecule has 36 heavy (non-hydrogen) atoms. The number of nitriles is 1. The van der Waals surface area contributed by atoms with Crippen LogP contribution in [0.25, 0.3) is 21.3 Å². The highest BCUT2D eigenvalue weighted by atomic mass is 32.1. The molecule has 12 heteroatoms. The van der Waals surface area contributed by atoms with Crippen molar-refractivity contribution in [2.45, 2.75) is 19.8 Å². The fourth-order valence-corrected chi connectivity index (χ4v) is 5.08. The van der Waals surface area contributed by atoms with E-state index >= 15 is 0 Å². The minimum Gasteiger partial charge on any atom is -0.857 e. The molecule has 3 aromatic heterocycles. The second-order valence-corrected chi connectivity index (χ2v) is 9.60. The van der Waals surface area contributed by atoms with Gasteiger partial charge in [-0.3, -0.25) is 4.52 Å². The normalized spacial score (nSPS) is 14.5. The summed E-state index contributed by atoms with van der Waals surface area (Å²) in [6.07, 6.45) is 1.53. The van der Waals surface area contributed by atoms with Crippen molar-refractivity contribution in [2.24, 2.45) is 4.99 Å². The lowest BCUT2D eigenvalue weighted by atomic mass is 9.94. The first-order valence-corrected chi connectivity index (χ1v) is 12.2. The number of ether oxygens (including phenoxy) is 1. The molecule has 1 aliphatic rings. The van der Waals surface area contributed by atoms with Crippen LogP contribution in [0.2, 0.25) is 0 Å². The Kier molecular flexibility index (Phi) is 6.17. The molecule has 184 valence electrons. The first kappa shape index (κ1) is 23.5. The number of anilines is 2. The van der Waals surface area contributed by atoms with Gasteiger partial charge < -0.3 is 21.3 Å². The van der Waals surface area contributed by atoms with E-state index in [2.05, 4.69) is 35.2 Å². The van der Waals surface area contributed by atoms with Crippen LogP contribution in [0.3, 0.4) is 0 Å². The van der Waals surface area contributed by atoms with Crippen LogP contribution < -0.4 is 26.4 Å². The lowest BCUT2D eigenvalue weighted by Gasteiger charge is -2.18. The SMILES string of the molecule is CC(C)c1ccc(-c2c(C#N)c(N)nc3sc(/C([O-])=N/c4c[n+](N5CCOCC5)no4)c(N)c23)cc1. The quantitative estimate of drug-likeness (QED) is 0.234. The summed E-state index contributed by atoms with van der Waals surface area (Å²) in [5.41, 5.74) is 15.5. The number of thiophene rings is 1. The summed E-state index contributed by atoms with van der Waals surface area (Å²) < 4.78 is 10.6. The monoisotopic (exact) mass is 504 g/mol. The third-order valence-electron chi connectivity index (χ3n) is 6.01. The van der Waals surface area contributed by atoms with Crippen molar-refractivity contribution < 1.29 is 19.2 Å². The summed E-state index contributed by atoms with van der Waals surface area (Å²) in [6.45, 7) is 6.65. The Morgan fingerprint density at radius 2 is 1.97 bits per heavy atom. The van der Waals surface area contributed by atoms with E-state index in [4.69, 9.17) is 20.7 Å². The van der Waals surface area contributed by atoms with Gasteiger partial charge in [-0.2, -0.15) is 5.26 Å². The number of hydrogen-bond donors (Lipinski definition) is 2. The van der Waals surface area contributed by atoms with Crippen molar-refractivity contribution in [1.29, 1.82) is 5.26 Å². The highest BCUT2D eigenvalue weighted by Crippen LogP contribution is 2.42. The van der Waals surface area contributed by atoms with E-state index in [9.17, 15) is 10.4 Å². The number of pyridine rings is 1. The fraction of sp³-hybridized carbons (Fsp3) is 0.292. The van der Waals surface area contributed by atoms with Crippen LogP contribution in [0.15, 0.2) is 40.0 Å². The Morgan fingerprint density at radius 1 is 1.25 bits per heavy atom. The summed E-state index contributed by atoms with van der Waals surface area (Å²) in [7, 11) is 0. The zero-order chi connectivity index (χ0) is 25.4. The van der Waals surface area contributed by atoms with E-state index in [1.165, 1.54) is 11.0 Å². The van der Waals surface area contributed by atoms with Gasteiger partial charge >= 0.3 is 5.88 Å². The minimum atomic E-state index is -0.598. The number of benzene rings is 1. The van der Waals surface area contributed by atoms with E-state index in [0.29, 0.717) is 48.0 Å². The number of aliphatic imine (C=N–C) groups is 1. The van der Waals surface area contributed by atoms with Crippen molar-refractivity contribution in [3.63, 3.8) is 0 Å². The van der Waals surface area contributed by atoms with Gasteiger partial charge in [0.05, 0.1) is 41.7 Å². The molecule has 0 radical (unpaired) electrons. The van der Waals surface area contributed by atoms with E-state index in [-0.39, 0.29) is 27.8 Å². The average Bonchev–Trinajstić information content (AvgIpc) is 3.48. The third-order valence-corrected chi connectivity index (χ3v) is 7.10. The van der Waals surface area contributed by atoms with Crippen molar-refractivity contribution >= 4 is 44.8 Å². The third kappa shape index (κ3) is 4.19. The predicted octanol–water partition coefficient (Wildman–Crippen LogP) is 1.81. The van der Waals surface area contributed by atoms with Gasteiger partial charge in [0.2, 0.25) is 5.27 Å². The van der Waals surface area contributed by atoms with Gasteiger partial charge in [0.25, 0.3) is 6.20 Å². The molecule has 1 aliphatic heterocycles. The number of morpholine rings is 1. The summed E-state index contributed by atoms with van der Waals surface area (Å²) in [6, 6.07) is 9.99. The van der Waals surface area contributed by atoms with Crippen LogP contribution in [0.4, 0.5) is 17.4 Å². The van der Waals surface area contributed by atoms with Crippen molar-refractivity contribution in [3.8, 4) is 17.2 Å². The van der Waals surface area contributed by atoms with Gasteiger partial charge in [0, 0.05) is 16.8 Å². The Balaban J connectivity index is 1.58. The Morgan fingerprint density at radius 3 is 2.64 bits per heavy atom. The maximum Gasteiger partial charge on any atom is 0.324 e. The molecule has 11 nitrogen and oxygen atoms in total. The number of hydrogen-bond acceptors (Lipinski definition) is 11. The second-order valence-electron chi connectivity index (χ2n) is 8.60. The zero-order valence-electron chi connectivity index (χ0n) is 19.8. The molecule has 1 aromatic carbocycles. The zero-order valence-corrected chi connectivity index (χ0v) is 20.6. The molecule has 5 rings (SSSR count). The number of aromatic nitrogens is 3. The van der Waals surface area contributed by atoms with Crippen LogP contribution >= 0.6 is 11.3 Å². The van der Waals surface area contributed by atoms with Crippen LogP contribution in [0.5, 0.6) is 0 Å². The number of nitrogens with zero attached hydrogens (tertiary/aromatic N) is 6. The summed E-state index contributed by atoms with van der Waals surface area (Å²) in [4.78, 5) is 10.6. The molecule has 4 N–H and O–H groups in total. The van der Waals surface area contributed by atoms with Crippen LogP contribution in [0.1, 0.15) is 35.8 Å².